The molecule has 21 heavy (non-hydrogen) atoms. The largest absolute Gasteiger partial charge is 0.480 e. The second-order valence-corrected chi connectivity index (χ2v) is 6.56. The fourth-order valence-corrected chi connectivity index (χ4v) is 3.15. The van der Waals surface area contributed by atoms with E-state index in [9.17, 15) is 19.5 Å². The van der Waals surface area contributed by atoms with Gasteiger partial charge in [-0.25, -0.2) is 4.79 Å². The zero-order valence-corrected chi connectivity index (χ0v) is 12.7. The van der Waals surface area contributed by atoms with E-state index >= 15 is 0 Å². The molecule has 6 nitrogen and oxygen atoms in total. The predicted molar refractivity (Wildman–Crippen MR) is 76.5 cm³/mol. The Morgan fingerprint density at radius 2 is 1.90 bits per heavy atom. The Morgan fingerprint density at radius 1 is 1.29 bits per heavy atom. The van der Waals surface area contributed by atoms with Gasteiger partial charge in [-0.15, -0.1) is 0 Å². The number of hydrogen-bond donors (Lipinski definition) is 2. The summed E-state index contributed by atoms with van der Waals surface area (Å²) in [6, 6.07) is 0. The van der Waals surface area contributed by atoms with Crippen LogP contribution in [0.2, 0.25) is 0 Å². The summed E-state index contributed by atoms with van der Waals surface area (Å²) < 4.78 is 0. The van der Waals surface area contributed by atoms with Gasteiger partial charge in [0.05, 0.1) is 0 Å². The molecule has 0 bridgehead atoms. The summed E-state index contributed by atoms with van der Waals surface area (Å²) in [7, 11) is 1.72. The van der Waals surface area contributed by atoms with Crippen molar-refractivity contribution < 1.29 is 19.5 Å². The number of nitrogens with one attached hydrogen (secondary N) is 1. The molecule has 6 heteroatoms. The third-order valence-electron chi connectivity index (χ3n) is 4.93. The Kier molecular flexibility index (Phi) is 4.54. The van der Waals surface area contributed by atoms with Crippen molar-refractivity contribution in [2.75, 3.05) is 13.6 Å². The smallest absolute Gasteiger partial charge is 0.329 e. The number of carboxylic acids is 1. The molecule has 2 fully saturated rings. The van der Waals surface area contributed by atoms with Crippen LogP contribution in [-0.4, -0.2) is 46.9 Å². The Bertz CT molecular complexity index is 441. The third-order valence-corrected chi connectivity index (χ3v) is 4.93. The van der Waals surface area contributed by atoms with Crippen molar-refractivity contribution in [1.29, 1.82) is 0 Å². The summed E-state index contributed by atoms with van der Waals surface area (Å²) >= 11 is 0. The minimum Gasteiger partial charge on any atom is -0.480 e. The fourth-order valence-electron chi connectivity index (χ4n) is 3.15. The minimum atomic E-state index is -1.14. The van der Waals surface area contributed by atoms with Crippen LogP contribution in [0.4, 0.5) is 0 Å². The van der Waals surface area contributed by atoms with E-state index in [1.807, 2.05) is 0 Å². The van der Waals surface area contributed by atoms with Crippen molar-refractivity contribution in [3.8, 4) is 0 Å². The monoisotopic (exact) mass is 296 g/mol. The van der Waals surface area contributed by atoms with Crippen molar-refractivity contribution in [1.82, 2.24) is 10.2 Å². The minimum absolute atomic E-state index is 0.0527. The number of hydrogen-bond acceptors (Lipinski definition) is 3. The van der Waals surface area contributed by atoms with Crippen molar-refractivity contribution >= 4 is 17.8 Å². The summed E-state index contributed by atoms with van der Waals surface area (Å²) in [5.74, 6) is -1.19. The van der Waals surface area contributed by atoms with Gasteiger partial charge in [0.1, 0.15) is 5.54 Å². The first-order chi connectivity index (χ1) is 9.84. The zero-order chi connectivity index (χ0) is 15.6. The molecule has 2 amide bonds. The molecular formula is C15H24N2O4. The molecule has 2 aliphatic rings. The van der Waals surface area contributed by atoms with Gasteiger partial charge in [0.15, 0.2) is 0 Å². The lowest BCUT2D eigenvalue weighted by Gasteiger charge is -2.38. The highest BCUT2D eigenvalue weighted by Gasteiger charge is 2.44. The standard InChI is InChI=1S/C15H24N2O4/c1-10-3-6-15(7-4-10,14(20)21)16-13(19)11-5-8-17(2)12(18)9-11/h10-11H,3-9H2,1-2H3,(H,16,19)(H,20,21). The molecule has 118 valence electrons. The second kappa shape index (κ2) is 6.03. The number of nitrogens with zero attached hydrogens (tertiary/aromatic N) is 1. The molecule has 0 radical (unpaired) electrons. The van der Waals surface area contributed by atoms with E-state index < -0.39 is 17.4 Å². The third kappa shape index (κ3) is 3.36. The first-order valence-corrected chi connectivity index (χ1v) is 7.63. The molecule has 0 spiro atoms. The van der Waals surface area contributed by atoms with E-state index in [2.05, 4.69) is 12.2 Å². The summed E-state index contributed by atoms with van der Waals surface area (Å²) in [4.78, 5) is 37.3. The number of rotatable bonds is 3. The summed E-state index contributed by atoms with van der Waals surface area (Å²) in [5, 5.41) is 12.3. The maximum Gasteiger partial charge on any atom is 0.329 e. The van der Waals surface area contributed by atoms with Crippen LogP contribution in [0.15, 0.2) is 0 Å². The van der Waals surface area contributed by atoms with Crippen LogP contribution >= 0.6 is 0 Å². The van der Waals surface area contributed by atoms with E-state index in [4.69, 9.17) is 0 Å². The molecule has 1 saturated carbocycles. The number of likely N-dealkylation sites (tertiary alicyclic amines) is 1. The summed E-state index contributed by atoms with van der Waals surface area (Å²) in [5.41, 5.74) is -1.14. The number of carbonyl (C=O) groups is 3. The predicted octanol–water partition coefficient (Wildman–Crippen LogP) is 1.00. The molecule has 1 heterocycles. The SMILES string of the molecule is CC1CCC(NC(=O)C2CCN(C)C(=O)C2)(C(=O)O)CC1. The average molecular weight is 296 g/mol. The quantitative estimate of drug-likeness (QED) is 0.813. The van der Waals surface area contributed by atoms with Crippen LogP contribution in [0.1, 0.15) is 45.4 Å². The topological polar surface area (TPSA) is 86.7 Å². The number of aliphatic carboxylic acids is 1. The van der Waals surface area contributed by atoms with Crippen molar-refractivity contribution in [2.45, 2.75) is 51.0 Å². The number of amides is 2. The highest BCUT2D eigenvalue weighted by atomic mass is 16.4. The van der Waals surface area contributed by atoms with Gasteiger partial charge in [0, 0.05) is 25.9 Å². The van der Waals surface area contributed by atoms with Gasteiger partial charge in [-0.1, -0.05) is 6.92 Å². The van der Waals surface area contributed by atoms with Crippen molar-refractivity contribution in [3.05, 3.63) is 0 Å². The normalized spacial score (nSPS) is 33.6. The summed E-state index contributed by atoms with van der Waals surface area (Å²) in [6.07, 6.45) is 3.32. The lowest BCUT2D eigenvalue weighted by molar-refractivity contribution is -0.151. The number of piperidine rings is 1. The fraction of sp³-hybridized carbons (Fsp3) is 0.800. The van der Waals surface area contributed by atoms with Crippen molar-refractivity contribution in [3.63, 3.8) is 0 Å². The first kappa shape index (κ1) is 15.8. The second-order valence-electron chi connectivity index (χ2n) is 6.56. The van der Waals surface area contributed by atoms with Gasteiger partial charge in [-0.05, 0) is 38.0 Å². The Morgan fingerprint density at radius 3 is 2.43 bits per heavy atom. The molecular weight excluding hydrogens is 272 g/mol. The van der Waals surface area contributed by atoms with Crippen LogP contribution in [0.3, 0.4) is 0 Å². The summed E-state index contributed by atoms with van der Waals surface area (Å²) in [6.45, 7) is 2.65. The molecule has 1 aliphatic heterocycles. The number of carboxylic acid groups (broad SMARTS) is 1. The number of carbonyl (C=O) groups excluding carboxylic acids is 2. The molecule has 1 atom stereocenters. The first-order valence-electron chi connectivity index (χ1n) is 7.63. The lowest BCUT2D eigenvalue weighted by atomic mass is 9.76. The molecule has 2 rings (SSSR count). The molecule has 0 aromatic rings. The average Bonchev–Trinajstić information content (AvgIpc) is 2.44. The maximum atomic E-state index is 12.4. The highest BCUT2D eigenvalue weighted by molar-refractivity contribution is 5.91. The van der Waals surface area contributed by atoms with Gasteiger partial charge >= 0.3 is 5.97 Å². The van der Waals surface area contributed by atoms with E-state index in [0.717, 1.165) is 12.8 Å². The van der Waals surface area contributed by atoms with Gasteiger partial charge < -0.3 is 15.3 Å². The van der Waals surface area contributed by atoms with E-state index in [1.54, 1.807) is 11.9 Å². The van der Waals surface area contributed by atoms with Crippen LogP contribution in [0, 0.1) is 11.8 Å². The van der Waals surface area contributed by atoms with Crippen LogP contribution in [0.25, 0.3) is 0 Å². The van der Waals surface area contributed by atoms with Gasteiger partial charge in [0.2, 0.25) is 11.8 Å². The Hall–Kier alpha value is -1.59. The Balaban J connectivity index is 2.02. The highest BCUT2D eigenvalue weighted by Crippen LogP contribution is 2.33. The van der Waals surface area contributed by atoms with Gasteiger partial charge in [-0.2, -0.15) is 0 Å². The van der Waals surface area contributed by atoms with E-state index in [1.165, 1.54) is 0 Å². The maximum absolute atomic E-state index is 12.4. The molecule has 0 aromatic heterocycles. The molecule has 2 N–H and O–H groups in total. The van der Waals surface area contributed by atoms with Gasteiger partial charge in [-0.3, -0.25) is 9.59 Å². The lowest BCUT2D eigenvalue weighted by Crippen LogP contribution is -2.58. The van der Waals surface area contributed by atoms with Crippen LogP contribution in [0.5, 0.6) is 0 Å². The van der Waals surface area contributed by atoms with Crippen LogP contribution < -0.4 is 5.32 Å². The van der Waals surface area contributed by atoms with Crippen molar-refractivity contribution in [2.24, 2.45) is 11.8 Å². The molecule has 1 aliphatic carbocycles. The van der Waals surface area contributed by atoms with E-state index in [0.29, 0.717) is 31.7 Å². The van der Waals surface area contributed by atoms with E-state index in [-0.39, 0.29) is 18.2 Å². The van der Waals surface area contributed by atoms with Crippen LogP contribution in [-0.2, 0) is 14.4 Å². The molecule has 1 saturated heterocycles. The molecule has 0 aromatic carbocycles. The van der Waals surface area contributed by atoms with Gasteiger partial charge in [0.25, 0.3) is 0 Å². The zero-order valence-electron chi connectivity index (χ0n) is 12.7. The molecule has 1 unspecified atom stereocenters. The Labute approximate surface area is 124 Å².